The van der Waals surface area contributed by atoms with Crippen molar-refractivity contribution in [2.24, 2.45) is 11.3 Å². The first-order valence-electron chi connectivity index (χ1n) is 8.18. The summed E-state index contributed by atoms with van der Waals surface area (Å²) in [6, 6.07) is 4.15. The number of nitrogens with one attached hydrogen (secondary N) is 1. The first kappa shape index (κ1) is 16.5. The molecule has 23 heavy (non-hydrogen) atoms. The quantitative estimate of drug-likeness (QED) is 0.775. The van der Waals surface area contributed by atoms with Gasteiger partial charge in [0.05, 0.1) is 9.99 Å². The monoisotopic (exact) mass is 374 g/mol. The first-order valence-corrected chi connectivity index (χ1v) is 8.97. The van der Waals surface area contributed by atoms with Crippen LogP contribution in [0.1, 0.15) is 39.2 Å². The Labute approximate surface area is 146 Å². The second-order valence-electron chi connectivity index (χ2n) is 7.40. The van der Waals surface area contributed by atoms with Crippen LogP contribution in [0.5, 0.6) is 0 Å². The van der Waals surface area contributed by atoms with Crippen LogP contribution in [0.25, 0.3) is 11.0 Å². The third-order valence-electron chi connectivity index (χ3n) is 4.00. The van der Waals surface area contributed by atoms with E-state index in [-0.39, 0.29) is 5.41 Å². The van der Waals surface area contributed by atoms with Crippen molar-refractivity contribution < 1.29 is 0 Å². The number of piperidine rings is 1. The van der Waals surface area contributed by atoms with Crippen LogP contribution in [0.2, 0.25) is 0 Å². The fourth-order valence-corrected chi connectivity index (χ4v) is 3.33. The molecule has 1 aliphatic rings. The molecule has 2 heterocycles. The zero-order chi connectivity index (χ0) is 16.4. The molecule has 0 radical (unpaired) electrons. The fraction of sp³-hybridized carbons (Fsp3) is 0.556. The number of fused-ring (bicyclic) bond motifs is 1. The Morgan fingerprint density at radius 3 is 2.74 bits per heavy atom. The predicted octanol–water partition coefficient (Wildman–Crippen LogP) is 3.59. The van der Waals surface area contributed by atoms with Crippen molar-refractivity contribution in [3.8, 4) is 11.8 Å². The van der Waals surface area contributed by atoms with Crippen molar-refractivity contribution in [3.63, 3.8) is 0 Å². The molecule has 5 heteroatoms. The molecule has 1 aromatic heterocycles. The normalized spacial score (nSPS) is 16.3. The van der Waals surface area contributed by atoms with Gasteiger partial charge in [0, 0.05) is 18.0 Å². The number of aromatic nitrogens is 3. The third kappa shape index (κ3) is 3.94. The summed E-state index contributed by atoms with van der Waals surface area (Å²) in [7, 11) is 0. The molecule has 1 saturated heterocycles. The van der Waals surface area contributed by atoms with E-state index in [1.165, 1.54) is 0 Å². The van der Waals surface area contributed by atoms with Gasteiger partial charge in [-0.05, 0) is 59.4 Å². The molecular formula is C18H23BrN4. The summed E-state index contributed by atoms with van der Waals surface area (Å²) >= 11 is 3.67. The summed E-state index contributed by atoms with van der Waals surface area (Å²) in [5.41, 5.74) is 3.12. The molecule has 0 unspecified atom stereocenters. The Morgan fingerprint density at radius 2 is 2.04 bits per heavy atom. The summed E-state index contributed by atoms with van der Waals surface area (Å²) in [6.45, 7) is 9.59. The van der Waals surface area contributed by atoms with E-state index >= 15 is 0 Å². The molecule has 0 amide bonds. The Balaban J connectivity index is 1.89. The molecule has 4 nitrogen and oxygen atoms in total. The Morgan fingerprint density at radius 1 is 1.30 bits per heavy atom. The van der Waals surface area contributed by atoms with Crippen LogP contribution in [0.3, 0.4) is 0 Å². The molecule has 0 atom stereocenters. The van der Waals surface area contributed by atoms with Gasteiger partial charge in [0.15, 0.2) is 0 Å². The minimum absolute atomic E-state index is 0.167. The molecule has 0 aliphatic carbocycles. The molecule has 0 bridgehead atoms. The zero-order valence-electron chi connectivity index (χ0n) is 14.0. The summed E-state index contributed by atoms with van der Waals surface area (Å²) in [5, 5.41) is 12.0. The number of rotatable bonds is 1. The van der Waals surface area contributed by atoms with E-state index in [1.807, 2.05) is 4.68 Å². The van der Waals surface area contributed by atoms with Gasteiger partial charge in [0.1, 0.15) is 5.52 Å². The maximum Gasteiger partial charge on any atom is 0.128 e. The van der Waals surface area contributed by atoms with Gasteiger partial charge in [-0.3, -0.25) is 0 Å². The smallest absolute Gasteiger partial charge is 0.128 e. The molecule has 1 aliphatic heterocycles. The molecule has 0 spiro atoms. The van der Waals surface area contributed by atoms with Gasteiger partial charge in [-0.25, -0.2) is 4.68 Å². The van der Waals surface area contributed by atoms with Crippen molar-refractivity contribution in [3.05, 3.63) is 22.2 Å². The summed E-state index contributed by atoms with van der Waals surface area (Å²) in [4.78, 5) is 0. The van der Waals surface area contributed by atoms with Crippen LogP contribution in [0.15, 0.2) is 16.6 Å². The Kier molecular flexibility index (Phi) is 4.74. The van der Waals surface area contributed by atoms with Crippen molar-refractivity contribution in [2.45, 2.75) is 40.2 Å². The fourth-order valence-electron chi connectivity index (χ4n) is 2.81. The maximum atomic E-state index is 4.35. The number of nitrogens with zero attached hydrogens (tertiary/aromatic N) is 3. The van der Waals surface area contributed by atoms with Crippen molar-refractivity contribution >= 4 is 27.0 Å². The van der Waals surface area contributed by atoms with Gasteiger partial charge in [-0.2, -0.15) is 0 Å². The van der Waals surface area contributed by atoms with E-state index in [0.29, 0.717) is 5.92 Å². The van der Waals surface area contributed by atoms with E-state index in [2.05, 4.69) is 76.3 Å². The van der Waals surface area contributed by atoms with E-state index in [0.717, 1.165) is 53.5 Å². The number of hydrogen-bond donors (Lipinski definition) is 1. The van der Waals surface area contributed by atoms with Gasteiger partial charge >= 0.3 is 0 Å². The van der Waals surface area contributed by atoms with Crippen LogP contribution in [-0.4, -0.2) is 28.1 Å². The van der Waals surface area contributed by atoms with Gasteiger partial charge in [0.25, 0.3) is 0 Å². The highest BCUT2D eigenvalue weighted by molar-refractivity contribution is 9.10. The van der Waals surface area contributed by atoms with E-state index in [9.17, 15) is 0 Å². The molecular weight excluding hydrogens is 352 g/mol. The predicted molar refractivity (Wildman–Crippen MR) is 97.2 cm³/mol. The Hall–Kier alpha value is -1.38. The maximum absolute atomic E-state index is 4.35. The molecule has 3 rings (SSSR count). The largest absolute Gasteiger partial charge is 0.317 e. The zero-order valence-corrected chi connectivity index (χ0v) is 15.6. The van der Waals surface area contributed by atoms with Crippen LogP contribution in [0, 0.1) is 23.2 Å². The van der Waals surface area contributed by atoms with Gasteiger partial charge in [0.2, 0.25) is 0 Å². The molecule has 122 valence electrons. The lowest BCUT2D eigenvalue weighted by Crippen LogP contribution is -2.26. The third-order valence-corrected chi connectivity index (χ3v) is 4.80. The number of hydrogen-bond acceptors (Lipinski definition) is 3. The summed E-state index contributed by atoms with van der Waals surface area (Å²) < 4.78 is 2.93. The van der Waals surface area contributed by atoms with E-state index in [1.54, 1.807) is 0 Å². The molecule has 1 aromatic carbocycles. The lowest BCUT2D eigenvalue weighted by molar-refractivity contribution is 0.327. The second kappa shape index (κ2) is 6.62. The number of benzene rings is 1. The molecule has 1 fully saturated rings. The van der Waals surface area contributed by atoms with E-state index in [4.69, 9.17) is 0 Å². The van der Waals surface area contributed by atoms with Crippen molar-refractivity contribution in [1.29, 1.82) is 0 Å². The van der Waals surface area contributed by atoms with Crippen molar-refractivity contribution in [1.82, 2.24) is 20.3 Å². The second-order valence-corrected chi connectivity index (χ2v) is 8.19. The highest BCUT2D eigenvalue weighted by Crippen LogP contribution is 2.27. The number of halogens is 1. The topological polar surface area (TPSA) is 42.7 Å². The van der Waals surface area contributed by atoms with Crippen LogP contribution < -0.4 is 5.32 Å². The lowest BCUT2D eigenvalue weighted by Gasteiger charge is -2.18. The van der Waals surface area contributed by atoms with Gasteiger partial charge in [-0.1, -0.05) is 37.8 Å². The summed E-state index contributed by atoms with van der Waals surface area (Å²) in [5.74, 6) is 7.24. The van der Waals surface area contributed by atoms with Gasteiger partial charge < -0.3 is 5.32 Å². The summed E-state index contributed by atoms with van der Waals surface area (Å²) in [6.07, 6.45) is 2.27. The highest BCUT2D eigenvalue weighted by Gasteiger charge is 2.16. The molecule has 0 saturated carbocycles. The van der Waals surface area contributed by atoms with Crippen LogP contribution >= 0.6 is 15.9 Å². The SMILES string of the molecule is CC(C)(C)Cn1nnc2c(Br)c(C#CC3CCNCC3)ccc21. The minimum atomic E-state index is 0.167. The molecule has 1 N–H and O–H groups in total. The highest BCUT2D eigenvalue weighted by atomic mass is 79.9. The van der Waals surface area contributed by atoms with Crippen molar-refractivity contribution in [2.75, 3.05) is 13.1 Å². The molecule has 2 aromatic rings. The van der Waals surface area contributed by atoms with Crippen LogP contribution in [0.4, 0.5) is 0 Å². The first-order chi connectivity index (χ1) is 10.9. The average molecular weight is 375 g/mol. The lowest BCUT2D eigenvalue weighted by atomic mass is 9.97. The minimum Gasteiger partial charge on any atom is -0.317 e. The standard InChI is InChI=1S/C18H23BrN4/c1-18(2,3)12-23-15-7-6-14(16(19)17(15)21-22-23)5-4-13-8-10-20-11-9-13/h6-7,13,20H,8-12H2,1-3H3. The van der Waals surface area contributed by atoms with Crippen LogP contribution in [-0.2, 0) is 6.54 Å². The average Bonchev–Trinajstić information content (AvgIpc) is 2.89. The Bertz CT molecular complexity index is 755. The van der Waals surface area contributed by atoms with E-state index < -0.39 is 0 Å². The van der Waals surface area contributed by atoms with Gasteiger partial charge in [-0.15, -0.1) is 5.10 Å².